The predicted octanol–water partition coefficient (Wildman–Crippen LogP) is 0.140. The quantitative estimate of drug-likeness (QED) is 0.705. The van der Waals surface area contributed by atoms with Crippen molar-refractivity contribution in [1.29, 1.82) is 0 Å². The number of nitrogens with two attached hydrogens (primary N) is 1. The second-order valence-corrected chi connectivity index (χ2v) is 5.00. The number of benzene rings is 1. The standard InChI is InChI=1S/C15H20N4O2/c1-19-9-12(8-17-19)14(16)15(21)18-13(10-20)7-11-5-3-2-4-6-11/h2-6,8-9,13-14,20H,7,10,16H2,1H3,(H,18,21)/t13-,14?/m1/s1. The highest BCUT2D eigenvalue weighted by atomic mass is 16.3. The Balaban J connectivity index is 1.96. The highest BCUT2D eigenvalue weighted by Crippen LogP contribution is 2.10. The van der Waals surface area contributed by atoms with E-state index in [4.69, 9.17) is 5.73 Å². The smallest absolute Gasteiger partial charge is 0.241 e. The van der Waals surface area contributed by atoms with Crippen molar-refractivity contribution in [2.75, 3.05) is 6.61 Å². The maximum atomic E-state index is 12.1. The van der Waals surface area contributed by atoms with Gasteiger partial charge in [-0.2, -0.15) is 5.10 Å². The van der Waals surface area contributed by atoms with E-state index in [1.807, 2.05) is 30.3 Å². The van der Waals surface area contributed by atoms with Crippen LogP contribution < -0.4 is 11.1 Å². The van der Waals surface area contributed by atoms with Crippen LogP contribution in [0, 0.1) is 0 Å². The van der Waals surface area contributed by atoms with Crippen LogP contribution in [0.3, 0.4) is 0 Å². The number of amides is 1. The molecule has 1 aromatic carbocycles. The number of carbonyl (C=O) groups excluding carboxylic acids is 1. The molecule has 1 heterocycles. The number of hydrogen-bond donors (Lipinski definition) is 3. The number of aliphatic hydroxyl groups excluding tert-OH is 1. The van der Waals surface area contributed by atoms with Crippen LogP contribution in [0.4, 0.5) is 0 Å². The van der Waals surface area contributed by atoms with Crippen LogP contribution >= 0.6 is 0 Å². The van der Waals surface area contributed by atoms with Gasteiger partial charge >= 0.3 is 0 Å². The van der Waals surface area contributed by atoms with Crippen LogP contribution in [0.1, 0.15) is 17.2 Å². The highest BCUT2D eigenvalue weighted by molar-refractivity contribution is 5.83. The summed E-state index contributed by atoms with van der Waals surface area (Å²) >= 11 is 0. The molecular formula is C15H20N4O2. The van der Waals surface area contributed by atoms with Gasteiger partial charge in [0.15, 0.2) is 0 Å². The first kappa shape index (κ1) is 15.2. The van der Waals surface area contributed by atoms with E-state index in [1.165, 1.54) is 0 Å². The van der Waals surface area contributed by atoms with Gasteiger partial charge in [-0.1, -0.05) is 30.3 Å². The maximum absolute atomic E-state index is 12.1. The molecule has 21 heavy (non-hydrogen) atoms. The lowest BCUT2D eigenvalue weighted by Gasteiger charge is -2.19. The van der Waals surface area contributed by atoms with Gasteiger partial charge in [0.1, 0.15) is 6.04 Å². The van der Waals surface area contributed by atoms with E-state index in [9.17, 15) is 9.90 Å². The minimum Gasteiger partial charge on any atom is -0.394 e. The van der Waals surface area contributed by atoms with Gasteiger partial charge in [-0.15, -0.1) is 0 Å². The Morgan fingerprint density at radius 1 is 1.43 bits per heavy atom. The molecule has 0 aliphatic rings. The molecule has 0 radical (unpaired) electrons. The number of aromatic nitrogens is 2. The van der Waals surface area contributed by atoms with Crippen LogP contribution in [-0.2, 0) is 18.3 Å². The summed E-state index contributed by atoms with van der Waals surface area (Å²) in [4.78, 5) is 12.1. The molecule has 6 nitrogen and oxygen atoms in total. The first-order valence-electron chi connectivity index (χ1n) is 6.79. The second-order valence-electron chi connectivity index (χ2n) is 5.00. The van der Waals surface area contributed by atoms with E-state index >= 15 is 0 Å². The summed E-state index contributed by atoms with van der Waals surface area (Å²) in [7, 11) is 1.76. The summed E-state index contributed by atoms with van der Waals surface area (Å²) in [6.07, 6.45) is 3.83. The third-order valence-electron chi connectivity index (χ3n) is 3.26. The van der Waals surface area contributed by atoms with E-state index in [0.717, 1.165) is 5.56 Å². The normalized spacial score (nSPS) is 13.7. The fourth-order valence-electron chi connectivity index (χ4n) is 2.10. The lowest BCUT2D eigenvalue weighted by Crippen LogP contribution is -2.43. The molecule has 2 rings (SSSR count). The maximum Gasteiger partial charge on any atom is 0.241 e. The van der Waals surface area contributed by atoms with Gasteiger partial charge in [0.05, 0.1) is 18.8 Å². The molecular weight excluding hydrogens is 268 g/mol. The SMILES string of the molecule is Cn1cc(C(N)C(=O)N[C@@H](CO)Cc2ccccc2)cn1. The minimum absolute atomic E-state index is 0.138. The van der Waals surface area contributed by atoms with Gasteiger partial charge in [0, 0.05) is 18.8 Å². The molecule has 0 bridgehead atoms. The lowest BCUT2D eigenvalue weighted by molar-refractivity contribution is -0.123. The van der Waals surface area contributed by atoms with E-state index in [0.29, 0.717) is 12.0 Å². The molecule has 0 aliphatic heterocycles. The Labute approximate surface area is 123 Å². The predicted molar refractivity (Wildman–Crippen MR) is 79.3 cm³/mol. The van der Waals surface area contributed by atoms with Crippen molar-refractivity contribution in [1.82, 2.24) is 15.1 Å². The molecule has 2 aromatic rings. The summed E-state index contributed by atoms with van der Waals surface area (Å²) in [5.74, 6) is -0.321. The molecule has 0 saturated heterocycles. The van der Waals surface area contributed by atoms with E-state index < -0.39 is 6.04 Å². The Hall–Kier alpha value is -2.18. The van der Waals surface area contributed by atoms with Gasteiger partial charge in [-0.25, -0.2) is 0 Å². The second kappa shape index (κ2) is 7.01. The zero-order valence-electron chi connectivity index (χ0n) is 11.9. The summed E-state index contributed by atoms with van der Waals surface area (Å²) in [6.45, 7) is -0.138. The number of aryl methyl sites for hydroxylation is 1. The van der Waals surface area contributed by atoms with Crippen LogP contribution in [0.25, 0.3) is 0 Å². The van der Waals surface area contributed by atoms with Gasteiger partial charge in [0.25, 0.3) is 0 Å². The number of rotatable bonds is 6. The van der Waals surface area contributed by atoms with Gasteiger partial charge in [-0.05, 0) is 12.0 Å². The van der Waals surface area contributed by atoms with E-state index in [-0.39, 0.29) is 18.6 Å². The van der Waals surface area contributed by atoms with Gasteiger partial charge in [-0.3, -0.25) is 9.48 Å². The Kier molecular flexibility index (Phi) is 5.08. The number of aliphatic hydroxyl groups is 1. The van der Waals surface area contributed by atoms with Gasteiger partial charge in [0.2, 0.25) is 5.91 Å². The number of hydrogen-bond acceptors (Lipinski definition) is 4. The Morgan fingerprint density at radius 3 is 2.71 bits per heavy atom. The van der Waals surface area contributed by atoms with Crippen molar-refractivity contribution in [3.8, 4) is 0 Å². The molecule has 2 atom stereocenters. The third kappa shape index (κ3) is 4.14. The van der Waals surface area contributed by atoms with E-state index in [1.54, 1.807) is 24.1 Å². The topological polar surface area (TPSA) is 93.2 Å². The molecule has 112 valence electrons. The Bertz CT molecular complexity index is 582. The zero-order chi connectivity index (χ0) is 15.2. The number of nitrogens with one attached hydrogen (secondary N) is 1. The fraction of sp³-hybridized carbons (Fsp3) is 0.333. The molecule has 6 heteroatoms. The highest BCUT2D eigenvalue weighted by Gasteiger charge is 2.20. The molecule has 0 fully saturated rings. The van der Waals surface area contributed by atoms with Crippen molar-refractivity contribution in [3.63, 3.8) is 0 Å². The monoisotopic (exact) mass is 288 g/mol. The van der Waals surface area contributed by atoms with Crippen molar-refractivity contribution < 1.29 is 9.90 Å². The first-order valence-corrected chi connectivity index (χ1v) is 6.79. The van der Waals surface area contributed by atoms with E-state index in [2.05, 4.69) is 10.4 Å². The zero-order valence-corrected chi connectivity index (χ0v) is 11.9. The van der Waals surface area contributed by atoms with Crippen LogP contribution in [0.2, 0.25) is 0 Å². The summed E-state index contributed by atoms with van der Waals surface area (Å²) in [5, 5.41) is 16.2. The minimum atomic E-state index is -0.788. The number of nitrogens with zero attached hydrogens (tertiary/aromatic N) is 2. The number of carbonyl (C=O) groups is 1. The van der Waals surface area contributed by atoms with Crippen LogP contribution in [-0.4, -0.2) is 33.4 Å². The van der Waals surface area contributed by atoms with Crippen LogP contribution in [0.15, 0.2) is 42.7 Å². The lowest BCUT2D eigenvalue weighted by atomic mass is 10.1. The molecule has 0 aliphatic carbocycles. The molecule has 0 spiro atoms. The van der Waals surface area contributed by atoms with Crippen molar-refractivity contribution in [2.45, 2.75) is 18.5 Å². The fourth-order valence-corrected chi connectivity index (χ4v) is 2.10. The van der Waals surface area contributed by atoms with Crippen molar-refractivity contribution >= 4 is 5.91 Å². The summed E-state index contributed by atoms with van der Waals surface area (Å²) in [6, 6.07) is 8.53. The van der Waals surface area contributed by atoms with Crippen molar-refractivity contribution in [3.05, 3.63) is 53.9 Å². The van der Waals surface area contributed by atoms with Gasteiger partial charge < -0.3 is 16.2 Å². The average molecular weight is 288 g/mol. The first-order chi connectivity index (χ1) is 10.1. The van der Waals surface area contributed by atoms with Crippen LogP contribution in [0.5, 0.6) is 0 Å². The average Bonchev–Trinajstić information content (AvgIpc) is 2.93. The summed E-state index contributed by atoms with van der Waals surface area (Å²) in [5.41, 5.74) is 7.59. The molecule has 1 amide bonds. The third-order valence-corrected chi connectivity index (χ3v) is 3.26. The molecule has 1 unspecified atom stereocenters. The summed E-state index contributed by atoms with van der Waals surface area (Å²) < 4.78 is 1.59. The van der Waals surface area contributed by atoms with Crippen molar-refractivity contribution in [2.24, 2.45) is 12.8 Å². The largest absolute Gasteiger partial charge is 0.394 e. The Morgan fingerprint density at radius 2 is 2.14 bits per heavy atom. The molecule has 1 aromatic heterocycles. The molecule has 0 saturated carbocycles. The molecule has 4 N–H and O–H groups in total.